The molecule has 0 saturated carbocycles. The van der Waals surface area contributed by atoms with Gasteiger partial charge in [-0.3, -0.25) is 4.79 Å². The van der Waals surface area contributed by atoms with Crippen molar-refractivity contribution >= 4 is 5.97 Å². The summed E-state index contributed by atoms with van der Waals surface area (Å²) >= 11 is 0. The molecule has 0 aromatic heterocycles. The second kappa shape index (κ2) is 10.7. The Morgan fingerprint density at radius 3 is 2.34 bits per heavy atom. The number of hydrogen-bond donors (Lipinski definition) is 0. The summed E-state index contributed by atoms with van der Waals surface area (Å²) < 4.78 is 57.0. The molecule has 1 unspecified atom stereocenters. The van der Waals surface area contributed by atoms with Crippen LogP contribution in [0.25, 0.3) is 0 Å². The Morgan fingerprint density at radius 2 is 1.72 bits per heavy atom. The van der Waals surface area contributed by atoms with Crippen LogP contribution in [0.15, 0.2) is 48.5 Å². The number of ether oxygens (including phenoxy) is 4. The van der Waals surface area contributed by atoms with Crippen molar-refractivity contribution in [3.63, 3.8) is 0 Å². The number of rotatable bonds is 10. The number of halogens is 3. The molecule has 0 aliphatic carbocycles. The molecular formula is C21H23F3O5. The Kier molecular flexibility index (Phi) is 8.33. The first-order chi connectivity index (χ1) is 13.8. The third kappa shape index (κ3) is 8.03. The van der Waals surface area contributed by atoms with Crippen LogP contribution in [0.2, 0.25) is 0 Å². The maximum Gasteiger partial charge on any atom is 0.573 e. The lowest BCUT2D eigenvalue weighted by molar-refractivity contribution is -0.274. The molecule has 0 bridgehead atoms. The molecule has 29 heavy (non-hydrogen) atoms. The van der Waals surface area contributed by atoms with Gasteiger partial charge in [-0.25, -0.2) is 0 Å². The maximum absolute atomic E-state index is 12.3. The fraction of sp³-hybridized carbons (Fsp3) is 0.381. The second-order valence-corrected chi connectivity index (χ2v) is 6.01. The van der Waals surface area contributed by atoms with Gasteiger partial charge in [0.1, 0.15) is 18.1 Å². The molecule has 2 rings (SSSR count). The summed E-state index contributed by atoms with van der Waals surface area (Å²) in [5.41, 5.74) is 1.33. The van der Waals surface area contributed by atoms with Crippen molar-refractivity contribution in [2.45, 2.75) is 39.3 Å². The molecule has 0 fully saturated rings. The quantitative estimate of drug-likeness (QED) is 0.503. The van der Waals surface area contributed by atoms with E-state index in [0.29, 0.717) is 24.5 Å². The van der Waals surface area contributed by atoms with E-state index in [-0.39, 0.29) is 24.7 Å². The van der Waals surface area contributed by atoms with Crippen molar-refractivity contribution in [1.29, 1.82) is 0 Å². The standard InChI is InChI=1S/C21H23F3O5/c1-3-26-19(13-20(25)27-4-2)16-8-10-17(11-9-16)28-14-15-6-5-7-18(12-15)29-21(22,23)24/h5-12,19H,3-4,13-14H2,1-2H3. The molecule has 2 aromatic carbocycles. The average Bonchev–Trinajstić information content (AvgIpc) is 2.66. The van der Waals surface area contributed by atoms with Gasteiger partial charge >= 0.3 is 12.3 Å². The predicted molar refractivity (Wildman–Crippen MR) is 99.5 cm³/mol. The van der Waals surface area contributed by atoms with Gasteiger partial charge in [0.15, 0.2) is 0 Å². The first-order valence-corrected chi connectivity index (χ1v) is 9.15. The molecule has 2 aromatic rings. The molecule has 0 saturated heterocycles. The highest BCUT2D eigenvalue weighted by atomic mass is 19.4. The third-order valence-corrected chi connectivity index (χ3v) is 3.81. The van der Waals surface area contributed by atoms with Crippen molar-refractivity contribution in [2.24, 2.45) is 0 Å². The molecule has 0 radical (unpaired) electrons. The summed E-state index contributed by atoms with van der Waals surface area (Å²) in [5.74, 6) is -0.109. The summed E-state index contributed by atoms with van der Waals surface area (Å²) in [5, 5.41) is 0. The smallest absolute Gasteiger partial charge is 0.489 e. The van der Waals surface area contributed by atoms with Gasteiger partial charge in [-0.05, 0) is 49.2 Å². The van der Waals surface area contributed by atoms with E-state index in [1.54, 1.807) is 37.3 Å². The summed E-state index contributed by atoms with van der Waals surface area (Å²) in [7, 11) is 0. The lowest BCUT2D eigenvalue weighted by atomic mass is 10.1. The lowest BCUT2D eigenvalue weighted by Crippen LogP contribution is -2.17. The van der Waals surface area contributed by atoms with Crippen LogP contribution >= 0.6 is 0 Å². The first kappa shape index (κ1) is 22.5. The van der Waals surface area contributed by atoms with Crippen LogP contribution in [-0.4, -0.2) is 25.5 Å². The SMILES string of the molecule is CCOC(=O)CC(OCC)c1ccc(OCc2cccc(OC(F)(F)F)c2)cc1. The molecule has 0 spiro atoms. The number of alkyl halides is 3. The Labute approximate surface area is 167 Å². The van der Waals surface area contributed by atoms with Gasteiger partial charge in [0, 0.05) is 6.61 Å². The second-order valence-electron chi connectivity index (χ2n) is 6.01. The minimum Gasteiger partial charge on any atom is -0.489 e. The van der Waals surface area contributed by atoms with E-state index in [2.05, 4.69) is 4.74 Å². The van der Waals surface area contributed by atoms with Gasteiger partial charge in [0.2, 0.25) is 0 Å². The number of carbonyl (C=O) groups excluding carboxylic acids is 1. The molecule has 0 N–H and O–H groups in total. The molecule has 8 heteroatoms. The normalized spacial score (nSPS) is 12.3. The topological polar surface area (TPSA) is 54.0 Å². The fourth-order valence-corrected chi connectivity index (χ4v) is 2.62. The van der Waals surface area contributed by atoms with Gasteiger partial charge in [0.25, 0.3) is 0 Å². The average molecular weight is 412 g/mol. The fourth-order valence-electron chi connectivity index (χ4n) is 2.62. The van der Waals surface area contributed by atoms with E-state index in [1.165, 1.54) is 18.2 Å². The number of hydrogen-bond acceptors (Lipinski definition) is 5. The Morgan fingerprint density at radius 1 is 1.00 bits per heavy atom. The predicted octanol–water partition coefficient (Wildman–Crippen LogP) is 5.20. The number of benzene rings is 2. The van der Waals surface area contributed by atoms with Gasteiger partial charge in [-0.1, -0.05) is 24.3 Å². The summed E-state index contributed by atoms with van der Waals surface area (Å²) in [6.45, 7) is 4.40. The van der Waals surface area contributed by atoms with Gasteiger partial charge < -0.3 is 18.9 Å². The van der Waals surface area contributed by atoms with Gasteiger partial charge in [0.05, 0.1) is 19.1 Å². The van der Waals surface area contributed by atoms with E-state index in [1.807, 2.05) is 6.92 Å². The first-order valence-electron chi connectivity index (χ1n) is 9.15. The third-order valence-electron chi connectivity index (χ3n) is 3.81. The van der Waals surface area contributed by atoms with Crippen LogP contribution in [0.4, 0.5) is 13.2 Å². The zero-order valence-corrected chi connectivity index (χ0v) is 16.2. The summed E-state index contributed by atoms with van der Waals surface area (Å²) in [4.78, 5) is 11.7. The molecule has 158 valence electrons. The van der Waals surface area contributed by atoms with Crippen LogP contribution < -0.4 is 9.47 Å². The van der Waals surface area contributed by atoms with Crippen molar-refractivity contribution < 1.29 is 36.9 Å². The zero-order valence-electron chi connectivity index (χ0n) is 16.2. The maximum atomic E-state index is 12.3. The van der Waals surface area contributed by atoms with Crippen molar-refractivity contribution in [3.05, 3.63) is 59.7 Å². The highest BCUT2D eigenvalue weighted by Gasteiger charge is 2.31. The van der Waals surface area contributed by atoms with E-state index in [4.69, 9.17) is 14.2 Å². The van der Waals surface area contributed by atoms with Crippen LogP contribution in [0.1, 0.15) is 37.5 Å². The molecule has 0 heterocycles. The van der Waals surface area contributed by atoms with E-state index >= 15 is 0 Å². The van der Waals surface area contributed by atoms with Crippen molar-refractivity contribution in [1.82, 2.24) is 0 Å². The van der Waals surface area contributed by atoms with E-state index < -0.39 is 12.5 Å². The monoisotopic (exact) mass is 412 g/mol. The Hall–Kier alpha value is -2.74. The van der Waals surface area contributed by atoms with Crippen LogP contribution in [-0.2, 0) is 20.9 Å². The molecule has 0 amide bonds. The molecular weight excluding hydrogens is 389 g/mol. The zero-order chi connectivity index (χ0) is 21.3. The molecule has 0 aliphatic heterocycles. The van der Waals surface area contributed by atoms with Crippen LogP contribution in [0.3, 0.4) is 0 Å². The van der Waals surface area contributed by atoms with E-state index in [0.717, 1.165) is 5.56 Å². The van der Waals surface area contributed by atoms with Crippen molar-refractivity contribution in [3.8, 4) is 11.5 Å². The van der Waals surface area contributed by atoms with Gasteiger partial charge in [-0.15, -0.1) is 13.2 Å². The van der Waals surface area contributed by atoms with E-state index in [9.17, 15) is 18.0 Å². The van der Waals surface area contributed by atoms with Gasteiger partial charge in [-0.2, -0.15) is 0 Å². The minimum absolute atomic E-state index is 0.0755. The highest BCUT2D eigenvalue weighted by Crippen LogP contribution is 2.26. The minimum atomic E-state index is -4.74. The molecule has 1 atom stereocenters. The number of esters is 1. The highest BCUT2D eigenvalue weighted by molar-refractivity contribution is 5.70. The molecule has 0 aliphatic rings. The Balaban J connectivity index is 1.97. The summed E-state index contributed by atoms with van der Waals surface area (Å²) in [6, 6.07) is 12.6. The van der Waals surface area contributed by atoms with Crippen LogP contribution in [0, 0.1) is 0 Å². The lowest BCUT2D eigenvalue weighted by Gasteiger charge is -2.17. The van der Waals surface area contributed by atoms with Crippen LogP contribution in [0.5, 0.6) is 11.5 Å². The van der Waals surface area contributed by atoms with Crippen molar-refractivity contribution in [2.75, 3.05) is 13.2 Å². The molecule has 5 nitrogen and oxygen atoms in total. The largest absolute Gasteiger partial charge is 0.573 e. The summed E-state index contributed by atoms with van der Waals surface area (Å²) in [6.07, 6.45) is -5.06. The Bertz CT molecular complexity index is 775. The number of carbonyl (C=O) groups is 1.